The number of carbonyl (C=O) groups excluding carboxylic acids is 1. The number of rotatable bonds is 7. The van der Waals surface area contributed by atoms with Crippen LogP contribution in [-0.2, 0) is 4.74 Å². The summed E-state index contributed by atoms with van der Waals surface area (Å²) in [6.45, 7) is 1.45. The summed E-state index contributed by atoms with van der Waals surface area (Å²) in [5.74, 6) is -0.227. The maximum absolute atomic E-state index is 12.2. The third-order valence-corrected chi connectivity index (χ3v) is 3.17. The summed E-state index contributed by atoms with van der Waals surface area (Å²) in [7, 11) is 1.67. The zero-order valence-electron chi connectivity index (χ0n) is 12.3. The van der Waals surface area contributed by atoms with Crippen molar-refractivity contribution in [1.82, 2.24) is 4.98 Å². The van der Waals surface area contributed by atoms with Gasteiger partial charge in [0.05, 0.1) is 11.3 Å². The van der Waals surface area contributed by atoms with Crippen LogP contribution in [0.2, 0.25) is 5.02 Å². The third-order valence-electron chi connectivity index (χ3n) is 2.94. The van der Waals surface area contributed by atoms with Gasteiger partial charge in [0, 0.05) is 43.4 Å². The number of nitrogens with one attached hydrogen (secondary N) is 2. The molecule has 0 spiro atoms. The number of hydrogen-bond acceptors (Lipinski definition) is 4. The smallest absolute Gasteiger partial charge is 0.257 e. The number of anilines is 2. The van der Waals surface area contributed by atoms with Crippen LogP contribution in [0.4, 0.5) is 11.4 Å². The Labute approximate surface area is 134 Å². The highest BCUT2D eigenvalue weighted by atomic mass is 35.5. The highest BCUT2D eigenvalue weighted by Crippen LogP contribution is 2.16. The molecular weight excluding hydrogens is 302 g/mol. The number of nitrogens with zero attached hydrogens (tertiary/aromatic N) is 1. The predicted octanol–water partition coefficient (Wildman–Crippen LogP) is 3.44. The number of carbonyl (C=O) groups is 1. The number of amides is 1. The molecule has 1 heterocycles. The van der Waals surface area contributed by atoms with Gasteiger partial charge in [-0.15, -0.1) is 0 Å². The van der Waals surface area contributed by atoms with Crippen LogP contribution in [-0.4, -0.2) is 31.2 Å². The number of ether oxygens (including phenoxy) is 1. The first kappa shape index (κ1) is 16.3. The first-order chi connectivity index (χ1) is 10.7. The van der Waals surface area contributed by atoms with Gasteiger partial charge < -0.3 is 15.4 Å². The molecule has 0 aliphatic carbocycles. The van der Waals surface area contributed by atoms with Gasteiger partial charge in [0.1, 0.15) is 0 Å². The van der Waals surface area contributed by atoms with Crippen LogP contribution >= 0.6 is 11.6 Å². The molecule has 0 atom stereocenters. The van der Waals surface area contributed by atoms with Crippen molar-refractivity contribution < 1.29 is 9.53 Å². The molecule has 0 aliphatic rings. The lowest BCUT2D eigenvalue weighted by molar-refractivity contribution is 0.102. The summed E-state index contributed by atoms with van der Waals surface area (Å²) in [4.78, 5) is 16.3. The molecule has 1 amide bonds. The molecule has 0 fully saturated rings. The Morgan fingerprint density at radius 3 is 2.91 bits per heavy atom. The van der Waals surface area contributed by atoms with Gasteiger partial charge >= 0.3 is 0 Å². The van der Waals surface area contributed by atoms with Crippen molar-refractivity contribution in [2.75, 3.05) is 30.9 Å². The third kappa shape index (κ3) is 5.02. The molecule has 0 aliphatic heterocycles. The molecular formula is C16H18ClN3O2. The molecule has 1 aromatic carbocycles. The molecule has 0 radical (unpaired) electrons. The summed E-state index contributed by atoms with van der Waals surface area (Å²) in [5, 5.41) is 6.57. The highest BCUT2D eigenvalue weighted by molar-refractivity contribution is 6.30. The van der Waals surface area contributed by atoms with Crippen molar-refractivity contribution in [3.05, 3.63) is 53.3 Å². The summed E-state index contributed by atoms with van der Waals surface area (Å²) in [6.07, 6.45) is 4.10. The van der Waals surface area contributed by atoms with Crippen molar-refractivity contribution in [2.45, 2.75) is 6.42 Å². The minimum absolute atomic E-state index is 0.227. The molecule has 0 saturated heterocycles. The van der Waals surface area contributed by atoms with Gasteiger partial charge in [-0.3, -0.25) is 9.78 Å². The Balaban J connectivity index is 1.97. The lowest BCUT2D eigenvalue weighted by Gasteiger charge is -2.08. The van der Waals surface area contributed by atoms with Crippen molar-refractivity contribution in [3.63, 3.8) is 0 Å². The molecule has 22 heavy (non-hydrogen) atoms. The number of methoxy groups -OCH3 is 1. The quantitative estimate of drug-likeness (QED) is 0.767. The fourth-order valence-corrected chi connectivity index (χ4v) is 2.07. The molecule has 2 N–H and O–H groups in total. The maximum atomic E-state index is 12.2. The van der Waals surface area contributed by atoms with Crippen LogP contribution in [0.15, 0.2) is 42.7 Å². The SMILES string of the molecule is COCCCNc1cncc(C(=O)Nc2cccc(Cl)c2)c1. The Kier molecular flexibility index (Phi) is 6.18. The van der Waals surface area contributed by atoms with Gasteiger partial charge in [-0.1, -0.05) is 17.7 Å². The highest BCUT2D eigenvalue weighted by Gasteiger charge is 2.07. The second-order valence-electron chi connectivity index (χ2n) is 4.70. The first-order valence-corrected chi connectivity index (χ1v) is 7.31. The number of hydrogen-bond donors (Lipinski definition) is 2. The van der Waals surface area contributed by atoms with Gasteiger partial charge in [0.15, 0.2) is 0 Å². The van der Waals surface area contributed by atoms with Gasteiger partial charge in [0.2, 0.25) is 0 Å². The Hall–Kier alpha value is -2.11. The summed E-state index contributed by atoms with van der Waals surface area (Å²) in [5.41, 5.74) is 1.93. The molecule has 0 bridgehead atoms. The molecule has 116 valence electrons. The van der Waals surface area contributed by atoms with E-state index in [9.17, 15) is 4.79 Å². The van der Waals surface area contributed by atoms with E-state index in [-0.39, 0.29) is 5.91 Å². The zero-order valence-corrected chi connectivity index (χ0v) is 13.1. The number of benzene rings is 1. The van der Waals surface area contributed by atoms with Crippen LogP contribution in [0.1, 0.15) is 16.8 Å². The Morgan fingerprint density at radius 1 is 1.27 bits per heavy atom. The standard InChI is InChI=1S/C16H18ClN3O2/c1-22-7-3-6-19-15-8-12(10-18-11-15)16(21)20-14-5-2-4-13(17)9-14/h2,4-5,8-11,19H,3,6-7H2,1H3,(H,20,21). The van der Waals surface area contributed by atoms with Crippen LogP contribution < -0.4 is 10.6 Å². The van der Waals surface area contributed by atoms with Gasteiger partial charge in [-0.25, -0.2) is 0 Å². The van der Waals surface area contributed by atoms with Crippen molar-refractivity contribution in [1.29, 1.82) is 0 Å². The summed E-state index contributed by atoms with van der Waals surface area (Å²) < 4.78 is 4.99. The minimum atomic E-state index is -0.227. The Bertz CT molecular complexity index is 634. The summed E-state index contributed by atoms with van der Waals surface area (Å²) >= 11 is 5.90. The van der Waals surface area contributed by atoms with E-state index in [2.05, 4.69) is 15.6 Å². The fourth-order valence-electron chi connectivity index (χ4n) is 1.88. The van der Waals surface area contributed by atoms with Gasteiger partial charge in [-0.05, 0) is 30.7 Å². The van der Waals surface area contributed by atoms with E-state index < -0.39 is 0 Å². The minimum Gasteiger partial charge on any atom is -0.385 e. The first-order valence-electron chi connectivity index (χ1n) is 6.94. The second kappa shape index (κ2) is 8.36. The van der Waals surface area contributed by atoms with Crippen LogP contribution in [0.3, 0.4) is 0 Å². The van der Waals surface area contributed by atoms with Crippen LogP contribution in [0.5, 0.6) is 0 Å². The average Bonchev–Trinajstić information content (AvgIpc) is 2.52. The normalized spacial score (nSPS) is 10.3. The number of pyridine rings is 1. The van der Waals surface area contributed by atoms with E-state index in [0.29, 0.717) is 22.9 Å². The fraction of sp³-hybridized carbons (Fsp3) is 0.250. The molecule has 6 heteroatoms. The molecule has 2 aromatic rings. The van der Waals surface area contributed by atoms with E-state index in [1.807, 2.05) is 0 Å². The largest absolute Gasteiger partial charge is 0.385 e. The van der Waals surface area contributed by atoms with Crippen LogP contribution in [0.25, 0.3) is 0 Å². The molecule has 2 rings (SSSR count). The van der Waals surface area contributed by atoms with E-state index >= 15 is 0 Å². The van der Waals surface area contributed by atoms with E-state index in [0.717, 1.165) is 18.7 Å². The number of halogens is 1. The lowest BCUT2D eigenvalue weighted by atomic mass is 10.2. The van der Waals surface area contributed by atoms with Crippen molar-refractivity contribution in [3.8, 4) is 0 Å². The lowest BCUT2D eigenvalue weighted by Crippen LogP contribution is -2.13. The predicted molar refractivity (Wildman–Crippen MR) is 88.6 cm³/mol. The maximum Gasteiger partial charge on any atom is 0.257 e. The molecule has 1 aromatic heterocycles. The molecule has 5 nitrogen and oxygen atoms in total. The number of aromatic nitrogens is 1. The zero-order chi connectivity index (χ0) is 15.8. The average molecular weight is 320 g/mol. The van der Waals surface area contributed by atoms with Gasteiger partial charge in [0.25, 0.3) is 5.91 Å². The van der Waals surface area contributed by atoms with Crippen molar-refractivity contribution in [2.24, 2.45) is 0 Å². The van der Waals surface area contributed by atoms with E-state index in [1.54, 1.807) is 43.6 Å². The molecule has 0 saturated carbocycles. The second-order valence-corrected chi connectivity index (χ2v) is 5.14. The summed E-state index contributed by atoms with van der Waals surface area (Å²) in [6, 6.07) is 8.77. The Morgan fingerprint density at radius 2 is 2.14 bits per heavy atom. The van der Waals surface area contributed by atoms with E-state index in [4.69, 9.17) is 16.3 Å². The monoisotopic (exact) mass is 319 g/mol. The van der Waals surface area contributed by atoms with Crippen LogP contribution in [0, 0.1) is 0 Å². The topological polar surface area (TPSA) is 63.2 Å². The van der Waals surface area contributed by atoms with E-state index in [1.165, 1.54) is 6.20 Å². The molecule has 0 unspecified atom stereocenters. The van der Waals surface area contributed by atoms with Crippen molar-refractivity contribution >= 4 is 28.9 Å². The van der Waals surface area contributed by atoms with Gasteiger partial charge in [-0.2, -0.15) is 0 Å².